The molecule has 4 amide bonds. The smallest absolute Gasteiger partial charge is 0.327 e. The highest BCUT2D eigenvalue weighted by molar-refractivity contribution is 6.08. The molecule has 7 nitrogen and oxygen atoms in total. The maximum absolute atomic E-state index is 12.8. The van der Waals surface area contributed by atoms with E-state index >= 15 is 0 Å². The maximum Gasteiger partial charge on any atom is 0.327 e. The van der Waals surface area contributed by atoms with Crippen molar-refractivity contribution in [1.29, 1.82) is 0 Å². The number of likely N-dealkylation sites (N-methyl/N-ethyl adjacent to an activating group) is 2. The molecule has 2 aliphatic rings. The van der Waals surface area contributed by atoms with Crippen LogP contribution in [-0.2, 0) is 9.59 Å². The molecule has 1 unspecified atom stereocenters. The monoisotopic (exact) mass is 310 g/mol. The molecule has 2 N–H and O–H groups in total. The molecule has 2 rings (SSSR count). The number of imide groups is 1. The molecule has 0 aromatic rings. The fraction of sp³-hybridized carbons (Fsp3) is 0.800. The van der Waals surface area contributed by atoms with E-state index in [2.05, 4.69) is 0 Å². The first-order valence-corrected chi connectivity index (χ1v) is 7.90. The van der Waals surface area contributed by atoms with Crippen LogP contribution in [0.4, 0.5) is 4.79 Å². The molecule has 0 aromatic heterocycles. The first kappa shape index (κ1) is 16.7. The Morgan fingerprint density at radius 1 is 1.32 bits per heavy atom. The number of rotatable bonds is 4. The van der Waals surface area contributed by atoms with Crippen LogP contribution in [0.2, 0.25) is 0 Å². The van der Waals surface area contributed by atoms with Crippen molar-refractivity contribution in [3.8, 4) is 0 Å². The van der Waals surface area contributed by atoms with Crippen LogP contribution in [0.25, 0.3) is 0 Å². The summed E-state index contributed by atoms with van der Waals surface area (Å²) in [6, 6.07) is -0.490. The Labute approximate surface area is 131 Å². The maximum atomic E-state index is 12.8. The molecule has 1 heterocycles. The molecule has 124 valence electrons. The van der Waals surface area contributed by atoms with E-state index in [1.165, 1.54) is 9.80 Å². The number of nitrogens with zero attached hydrogens (tertiary/aromatic N) is 3. The average Bonchev–Trinajstić information content (AvgIpc) is 2.70. The van der Waals surface area contributed by atoms with E-state index in [1.54, 1.807) is 14.1 Å². The summed E-state index contributed by atoms with van der Waals surface area (Å²) in [4.78, 5) is 41.6. The van der Waals surface area contributed by atoms with Crippen molar-refractivity contribution in [2.24, 2.45) is 5.73 Å². The molecule has 2 fully saturated rings. The van der Waals surface area contributed by atoms with Crippen LogP contribution in [0.3, 0.4) is 0 Å². The predicted molar refractivity (Wildman–Crippen MR) is 82.0 cm³/mol. The first-order valence-electron chi connectivity index (χ1n) is 7.90. The topological polar surface area (TPSA) is 86.9 Å². The van der Waals surface area contributed by atoms with E-state index in [1.807, 2.05) is 6.92 Å². The minimum atomic E-state index is -0.729. The van der Waals surface area contributed by atoms with E-state index in [-0.39, 0.29) is 30.4 Å². The second-order valence-electron chi connectivity index (χ2n) is 6.41. The molecule has 1 aliphatic heterocycles. The Morgan fingerprint density at radius 2 is 1.91 bits per heavy atom. The zero-order valence-corrected chi connectivity index (χ0v) is 13.7. The lowest BCUT2D eigenvalue weighted by atomic mass is 9.81. The number of hydrogen-bond acceptors (Lipinski definition) is 4. The summed E-state index contributed by atoms with van der Waals surface area (Å²) in [5.74, 6) is -0.484. The third-order valence-electron chi connectivity index (χ3n) is 5.17. The summed E-state index contributed by atoms with van der Waals surface area (Å²) >= 11 is 0. The van der Waals surface area contributed by atoms with E-state index in [4.69, 9.17) is 5.73 Å². The number of urea groups is 1. The lowest BCUT2D eigenvalue weighted by Gasteiger charge is -2.35. The van der Waals surface area contributed by atoms with Crippen LogP contribution in [0.1, 0.15) is 39.0 Å². The fourth-order valence-electron chi connectivity index (χ4n) is 3.32. The van der Waals surface area contributed by atoms with Crippen molar-refractivity contribution >= 4 is 17.8 Å². The third-order valence-corrected chi connectivity index (χ3v) is 5.17. The normalized spacial score (nSPS) is 22.4. The van der Waals surface area contributed by atoms with Crippen LogP contribution in [0, 0.1) is 0 Å². The Balaban J connectivity index is 2.13. The summed E-state index contributed by atoms with van der Waals surface area (Å²) in [6.07, 6.45) is 4.35. The van der Waals surface area contributed by atoms with Gasteiger partial charge in [0.05, 0.1) is 0 Å². The van der Waals surface area contributed by atoms with Gasteiger partial charge in [0.1, 0.15) is 12.1 Å². The third kappa shape index (κ3) is 2.58. The van der Waals surface area contributed by atoms with E-state index < -0.39 is 5.54 Å². The summed E-state index contributed by atoms with van der Waals surface area (Å²) in [5, 5.41) is 0. The Morgan fingerprint density at radius 3 is 2.45 bits per heavy atom. The van der Waals surface area contributed by atoms with Gasteiger partial charge in [0.25, 0.3) is 5.91 Å². The van der Waals surface area contributed by atoms with Gasteiger partial charge in [0.2, 0.25) is 5.91 Å². The van der Waals surface area contributed by atoms with E-state index in [0.717, 1.165) is 24.2 Å². The highest BCUT2D eigenvalue weighted by Crippen LogP contribution is 2.39. The number of nitrogens with two attached hydrogens (primary N) is 1. The molecule has 1 aliphatic carbocycles. The average molecular weight is 310 g/mol. The lowest BCUT2D eigenvalue weighted by Crippen LogP contribution is -2.50. The van der Waals surface area contributed by atoms with Crippen LogP contribution < -0.4 is 5.73 Å². The van der Waals surface area contributed by atoms with Crippen LogP contribution >= 0.6 is 0 Å². The van der Waals surface area contributed by atoms with Crippen molar-refractivity contribution in [1.82, 2.24) is 14.7 Å². The van der Waals surface area contributed by atoms with Gasteiger partial charge in [0, 0.05) is 26.7 Å². The van der Waals surface area contributed by atoms with Crippen molar-refractivity contribution in [3.63, 3.8) is 0 Å². The number of carbonyl (C=O) groups excluding carboxylic acids is 3. The number of amides is 4. The van der Waals surface area contributed by atoms with Gasteiger partial charge in [-0.3, -0.25) is 14.5 Å². The Hall–Kier alpha value is -1.63. The molecule has 0 bridgehead atoms. The number of carbonyl (C=O) groups is 3. The molecular weight excluding hydrogens is 284 g/mol. The molecule has 0 aromatic carbocycles. The van der Waals surface area contributed by atoms with Crippen LogP contribution in [0.5, 0.6) is 0 Å². The van der Waals surface area contributed by atoms with Gasteiger partial charge in [-0.2, -0.15) is 0 Å². The second kappa shape index (κ2) is 6.24. The summed E-state index contributed by atoms with van der Waals surface area (Å²) in [6.45, 7) is 1.97. The minimum absolute atomic E-state index is 0.123. The first-order chi connectivity index (χ1) is 10.3. The quantitative estimate of drug-likeness (QED) is 0.761. The second-order valence-corrected chi connectivity index (χ2v) is 6.41. The van der Waals surface area contributed by atoms with Gasteiger partial charge >= 0.3 is 6.03 Å². The lowest BCUT2D eigenvalue weighted by molar-refractivity contribution is -0.140. The largest absolute Gasteiger partial charge is 0.340 e. The minimum Gasteiger partial charge on any atom is -0.340 e. The van der Waals surface area contributed by atoms with Crippen molar-refractivity contribution in [3.05, 3.63) is 0 Å². The fourth-order valence-corrected chi connectivity index (χ4v) is 3.32. The molecule has 1 spiro atoms. The summed E-state index contributed by atoms with van der Waals surface area (Å²) in [7, 11) is 3.31. The zero-order valence-electron chi connectivity index (χ0n) is 13.7. The van der Waals surface area contributed by atoms with E-state index in [9.17, 15) is 14.4 Å². The molecule has 22 heavy (non-hydrogen) atoms. The molecular formula is C15H26N4O3. The molecule has 1 saturated heterocycles. The predicted octanol–water partition coefficient (Wildman–Crippen LogP) is 0.389. The van der Waals surface area contributed by atoms with E-state index in [0.29, 0.717) is 19.4 Å². The Kier molecular flexibility index (Phi) is 4.75. The standard InChI is InChI=1S/C15H26N4O3/c1-11(9-16)17(2)12(20)10-19-13(21)15(18(3)14(19)22)7-5-4-6-8-15/h11H,4-10,16H2,1-3H3. The van der Waals surface area contributed by atoms with Crippen molar-refractivity contribution < 1.29 is 14.4 Å². The van der Waals surface area contributed by atoms with Crippen LogP contribution in [-0.4, -0.2) is 71.3 Å². The van der Waals surface area contributed by atoms with Gasteiger partial charge < -0.3 is 15.5 Å². The molecule has 1 atom stereocenters. The molecule has 1 saturated carbocycles. The highest BCUT2D eigenvalue weighted by Gasteiger charge is 2.55. The summed E-state index contributed by atoms with van der Waals surface area (Å²) in [5.41, 5.74) is 4.83. The van der Waals surface area contributed by atoms with Gasteiger partial charge in [-0.25, -0.2) is 4.79 Å². The molecule has 0 radical (unpaired) electrons. The van der Waals surface area contributed by atoms with Crippen molar-refractivity contribution in [2.75, 3.05) is 27.2 Å². The van der Waals surface area contributed by atoms with Gasteiger partial charge in [-0.15, -0.1) is 0 Å². The van der Waals surface area contributed by atoms with Gasteiger partial charge in [-0.05, 0) is 19.8 Å². The Bertz CT molecular complexity index is 473. The number of hydrogen-bond donors (Lipinski definition) is 1. The molecule has 7 heteroatoms. The zero-order chi connectivity index (χ0) is 16.5. The van der Waals surface area contributed by atoms with Gasteiger partial charge in [-0.1, -0.05) is 19.3 Å². The van der Waals surface area contributed by atoms with Crippen molar-refractivity contribution in [2.45, 2.75) is 50.6 Å². The SMILES string of the molecule is CC(CN)N(C)C(=O)CN1C(=O)N(C)C2(CCCCC2)C1=O. The van der Waals surface area contributed by atoms with Gasteiger partial charge in [0.15, 0.2) is 0 Å². The van der Waals surface area contributed by atoms with Crippen LogP contribution in [0.15, 0.2) is 0 Å². The highest BCUT2D eigenvalue weighted by atomic mass is 16.2. The summed E-state index contributed by atoms with van der Waals surface area (Å²) < 4.78 is 0.